The van der Waals surface area contributed by atoms with Gasteiger partial charge in [-0.3, -0.25) is 14.5 Å². The molecule has 0 saturated carbocycles. The van der Waals surface area contributed by atoms with Crippen molar-refractivity contribution in [1.29, 1.82) is 0 Å². The molecule has 0 fully saturated rings. The van der Waals surface area contributed by atoms with Crippen molar-refractivity contribution in [3.8, 4) is 0 Å². The number of hydrogen-bond acceptors (Lipinski definition) is 4. The first-order valence-corrected chi connectivity index (χ1v) is 8.59. The highest BCUT2D eigenvalue weighted by Crippen LogP contribution is 2.09. The van der Waals surface area contributed by atoms with E-state index >= 15 is 0 Å². The summed E-state index contributed by atoms with van der Waals surface area (Å²) in [5.74, 6) is -1.61. The van der Waals surface area contributed by atoms with Crippen LogP contribution in [0, 0.1) is 11.6 Å². The predicted molar refractivity (Wildman–Crippen MR) is 139 cm³/mol. The third-order valence-electron chi connectivity index (χ3n) is 3.98. The Morgan fingerprint density at radius 2 is 1.25 bits per heavy atom. The van der Waals surface area contributed by atoms with E-state index in [9.17, 15) is 18.4 Å². The van der Waals surface area contributed by atoms with Crippen molar-refractivity contribution in [1.82, 2.24) is 4.90 Å². The van der Waals surface area contributed by atoms with Crippen LogP contribution in [-0.2, 0) is 22.4 Å². The van der Waals surface area contributed by atoms with Crippen LogP contribution < -0.4 is 17.2 Å². The molecule has 0 heterocycles. The Morgan fingerprint density at radius 1 is 0.844 bits per heavy atom. The fraction of sp³-hybridized carbons (Fsp3) is 0.300. The number of primary amides is 2. The Kier molecular flexibility index (Phi) is 22.4. The lowest BCUT2D eigenvalue weighted by atomic mass is 10.0. The molecule has 0 bridgehead atoms. The zero-order valence-corrected chi connectivity index (χ0v) is 21.4. The highest BCUT2D eigenvalue weighted by atomic mass is 35.5. The summed E-state index contributed by atoms with van der Waals surface area (Å²) in [6.07, 6.45) is 0.702. The van der Waals surface area contributed by atoms with Crippen molar-refractivity contribution in [2.24, 2.45) is 17.2 Å². The van der Waals surface area contributed by atoms with Crippen molar-refractivity contribution in [3.63, 3.8) is 0 Å². The average molecular weight is 534 g/mol. The number of nitrogens with two attached hydrogens (primary N) is 3. The number of halogens is 4. The lowest BCUT2D eigenvalue weighted by molar-refractivity contribution is -0.122. The van der Waals surface area contributed by atoms with Gasteiger partial charge in [0.2, 0.25) is 11.8 Å². The number of benzene rings is 2. The molecule has 2 atom stereocenters. The van der Waals surface area contributed by atoms with E-state index in [0.29, 0.717) is 12.0 Å². The second kappa shape index (κ2) is 19.0. The molecule has 0 radical (unpaired) electrons. The maximum atomic E-state index is 12.9. The summed E-state index contributed by atoms with van der Waals surface area (Å²) in [7, 11) is 3.55. The van der Waals surface area contributed by atoms with E-state index in [1.54, 1.807) is 43.3 Å². The van der Waals surface area contributed by atoms with Crippen LogP contribution in [0.5, 0.6) is 0 Å². The highest BCUT2D eigenvalue weighted by molar-refractivity contribution is 7.59. The smallest absolute Gasteiger partial charge is 0.235 e. The normalized spacial score (nSPS) is 11.1. The molecule has 2 aromatic rings. The number of likely N-dealkylation sites (N-methyl/N-ethyl adjacent to an activating group) is 1. The van der Waals surface area contributed by atoms with Crippen LogP contribution in [0.4, 0.5) is 8.78 Å². The summed E-state index contributed by atoms with van der Waals surface area (Å²) < 4.78 is 25.6. The molecular formula is C20H32Cl2F2N4O2S2. The Hall–Kier alpha value is -1.56. The van der Waals surface area contributed by atoms with Gasteiger partial charge in [0.25, 0.3) is 0 Å². The van der Waals surface area contributed by atoms with Gasteiger partial charge < -0.3 is 17.2 Å². The number of carbonyl (C=O) groups excluding carboxylic acids is 2. The van der Waals surface area contributed by atoms with Gasteiger partial charge in [-0.25, -0.2) is 8.78 Å². The van der Waals surface area contributed by atoms with Gasteiger partial charge in [-0.1, -0.05) is 24.3 Å². The molecule has 6 nitrogen and oxygen atoms in total. The van der Waals surface area contributed by atoms with Gasteiger partial charge >= 0.3 is 0 Å². The van der Waals surface area contributed by atoms with Crippen molar-refractivity contribution in [3.05, 3.63) is 71.3 Å². The third kappa shape index (κ3) is 14.5. The minimum atomic E-state index is -0.748. The third-order valence-corrected chi connectivity index (χ3v) is 3.98. The Balaban J connectivity index is -0.000000219. The molecule has 2 aromatic carbocycles. The van der Waals surface area contributed by atoms with E-state index in [0.717, 1.165) is 5.56 Å². The fourth-order valence-electron chi connectivity index (χ4n) is 2.44. The zero-order chi connectivity index (χ0) is 21.3. The molecule has 6 N–H and O–H groups in total. The highest BCUT2D eigenvalue weighted by Gasteiger charge is 2.18. The average Bonchev–Trinajstić information content (AvgIpc) is 2.59. The summed E-state index contributed by atoms with van der Waals surface area (Å²) in [5, 5.41) is 0. The Labute approximate surface area is 214 Å². The second-order valence-corrected chi connectivity index (χ2v) is 6.56. The summed E-state index contributed by atoms with van der Waals surface area (Å²) in [6.45, 7) is 0. The number of hydrogen-bond donors (Lipinski definition) is 3. The van der Waals surface area contributed by atoms with Crippen LogP contribution in [0.2, 0.25) is 0 Å². The first-order chi connectivity index (χ1) is 13.1. The number of rotatable bonds is 7. The first-order valence-electron chi connectivity index (χ1n) is 8.59. The maximum Gasteiger partial charge on any atom is 0.235 e. The van der Waals surface area contributed by atoms with Crippen LogP contribution in [0.1, 0.15) is 11.1 Å². The summed E-state index contributed by atoms with van der Waals surface area (Å²) >= 11 is 0. The van der Waals surface area contributed by atoms with Crippen molar-refractivity contribution >= 4 is 63.6 Å². The van der Waals surface area contributed by atoms with Gasteiger partial charge in [-0.05, 0) is 62.3 Å². The fourth-order valence-corrected chi connectivity index (χ4v) is 2.44. The lowest BCUT2D eigenvalue weighted by Gasteiger charge is -2.20. The van der Waals surface area contributed by atoms with Gasteiger partial charge in [0, 0.05) is 0 Å². The van der Waals surface area contributed by atoms with Crippen molar-refractivity contribution in [2.45, 2.75) is 24.9 Å². The van der Waals surface area contributed by atoms with Crippen LogP contribution in [0.15, 0.2) is 48.5 Å². The molecule has 0 aliphatic rings. The molecule has 184 valence electrons. The zero-order valence-electron chi connectivity index (χ0n) is 17.8. The van der Waals surface area contributed by atoms with E-state index in [1.807, 2.05) is 0 Å². The number of carbonyl (C=O) groups is 2. The van der Waals surface area contributed by atoms with Gasteiger partial charge in [0.05, 0.1) is 12.1 Å². The minimum Gasteiger partial charge on any atom is -0.368 e. The summed E-state index contributed by atoms with van der Waals surface area (Å²) in [4.78, 5) is 23.4. The molecule has 0 saturated heterocycles. The SMILES string of the molecule is CN(C)[C@@H](Cc1cccc(F)c1)C(N)=O.Cl.Cl.NC(=O)[C@@H](N)Cc1cccc(F)c1.S.S. The Bertz CT molecular complexity index is 821. The second-order valence-electron chi connectivity index (χ2n) is 6.56. The van der Waals surface area contributed by atoms with Crippen LogP contribution in [0.25, 0.3) is 0 Å². The topological polar surface area (TPSA) is 115 Å². The van der Waals surface area contributed by atoms with Crippen molar-refractivity contribution < 1.29 is 18.4 Å². The molecule has 0 spiro atoms. The van der Waals surface area contributed by atoms with Gasteiger partial charge in [0.15, 0.2) is 0 Å². The molecule has 0 aliphatic heterocycles. The van der Waals surface area contributed by atoms with Gasteiger partial charge in [-0.2, -0.15) is 27.0 Å². The quantitative estimate of drug-likeness (QED) is 0.505. The predicted octanol–water partition coefficient (Wildman–Crippen LogP) is 2.03. The van der Waals surface area contributed by atoms with E-state index in [4.69, 9.17) is 17.2 Å². The van der Waals surface area contributed by atoms with Crippen LogP contribution in [0.3, 0.4) is 0 Å². The largest absolute Gasteiger partial charge is 0.368 e. The van der Waals surface area contributed by atoms with Crippen LogP contribution in [-0.4, -0.2) is 42.9 Å². The number of amides is 2. The molecule has 12 heteroatoms. The van der Waals surface area contributed by atoms with E-state index in [2.05, 4.69) is 0 Å². The monoisotopic (exact) mass is 532 g/mol. The lowest BCUT2D eigenvalue weighted by Crippen LogP contribution is -2.41. The Morgan fingerprint density at radius 3 is 1.56 bits per heavy atom. The number of nitrogens with zero attached hydrogens (tertiary/aromatic N) is 1. The van der Waals surface area contributed by atoms with Crippen molar-refractivity contribution in [2.75, 3.05) is 14.1 Å². The molecule has 0 aliphatic carbocycles. The van der Waals surface area contributed by atoms with Crippen LogP contribution >= 0.6 is 51.8 Å². The van der Waals surface area contributed by atoms with E-state index < -0.39 is 23.9 Å². The first kappa shape index (κ1) is 37.7. The molecule has 0 unspecified atom stereocenters. The minimum absolute atomic E-state index is 0. The molecule has 2 amide bonds. The molecular weight excluding hydrogens is 501 g/mol. The summed E-state index contributed by atoms with van der Waals surface area (Å²) in [5.41, 5.74) is 17.1. The summed E-state index contributed by atoms with van der Waals surface area (Å²) in [6, 6.07) is 11.0. The standard InChI is InChI=1S/C11H15FN2O.C9H11FN2O.2ClH.2H2S/c1-14(2)10(11(13)15)7-8-4-3-5-9(12)6-8;10-7-3-1-2-6(4-7)5-8(11)9(12)13;;;;/h3-6,10H,7H2,1-2H3,(H2,13,15);1-4,8H,5,11H2,(H2,12,13);2*1H;2*1H2/t10-;8-;;;;/m00..../s1. The molecule has 0 aromatic heterocycles. The maximum absolute atomic E-state index is 12.9. The van der Waals surface area contributed by atoms with E-state index in [1.165, 1.54) is 24.3 Å². The molecule has 32 heavy (non-hydrogen) atoms. The van der Waals surface area contributed by atoms with Gasteiger partial charge in [-0.15, -0.1) is 24.8 Å². The van der Waals surface area contributed by atoms with Gasteiger partial charge in [0.1, 0.15) is 11.6 Å². The van der Waals surface area contributed by atoms with E-state index in [-0.39, 0.29) is 69.9 Å². The molecule has 2 rings (SSSR count).